The number of nitrogens with zero attached hydrogens (tertiary/aromatic N) is 1. The third-order valence-corrected chi connectivity index (χ3v) is 9.04. The molecule has 0 aromatic carbocycles. The lowest BCUT2D eigenvalue weighted by Crippen LogP contribution is -2.53. The summed E-state index contributed by atoms with van der Waals surface area (Å²) in [6.07, 6.45) is 9.50. The van der Waals surface area contributed by atoms with Crippen LogP contribution in [0.5, 0.6) is 0 Å². The highest BCUT2D eigenvalue weighted by Crippen LogP contribution is 2.66. The second kappa shape index (κ2) is 7.65. The van der Waals surface area contributed by atoms with Crippen molar-refractivity contribution in [3.63, 3.8) is 0 Å². The highest BCUT2D eigenvalue weighted by molar-refractivity contribution is 5.79. The van der Waals surface area contributed by atoms with E-state index in [1.54, 1.807) is 6.92 Å². The molecule has 0 bridgehead atoms. The molecular formula is C23H33NO6. The van der Waals surface area contributed by atoms with Crippen molar-refractivity contribution < 1.29 is 24.3 Å². The Morgan fingerprint density at radius 1 is 1.17 bits per heavy atom. The molecule has 30 heavy (non-hydrogen) atoms. The molecule has 0 N–H and O–H groups in total. The van der Waals surface area contributed by atoms with E-state index in [0.717, 1.165) is 51.4 Å². The predicted molar refractivity (Wildman–Crippen MR) is 109 cm³/mol. The monoisotopic (exact) mass is 419 g/mol. The molecule has 3 fully saturated rings. The molecule has 0 saturated heterocycles. The Morgan fingerprint density at radius 2 is 1.93 bits per heavy atom. The number of ether oxygens (including phenoxy) is 1. The Labute approximate surface area is 177 Å². The van der Waals surface area contributed by atoms with Gasteiger partial charge in [-0.2, -0.15) is 0 Å². The molecule has 4 rings (SSSR count). The molecule has 0 aromatic rings. The lowest BCUT2D eigenvalue weighted by Gasteiger charge is -2.58. The Bertz CT molecular complexity index is 778. The van der Waals surface area contributed by atoms with E-state index >= 15 is 0 Å². The summed E-state index contributed by atoms with van der Waals surface area (Å²) in [6.45, 7) is 5.50. The van der Waals surface area contributed by atoms with Gasteiger partial charge in [-0.25, -0.2) is 0 Å². The van der Waals surface area contributed by atoms with E-state index in [0.29, 0.717) is 11.8 Å². The highest BCUT2D eigenvalue weighted by Gasteiger charge is 2.61. The fourth-order valence-electron chi connectivity index (χ4n) is 7.83. The number of esters is 1. The summed E-state index contributed by atoms with van der Waals surface area (Å²) < 4.78 is 5.50. The second-order valence-electron chi connectivity index (χ2n) is 10.2. The van der Waals surface area contributed by atoms with Gasteiger partial charge in [-0.1, -0.05) is 18.6 Å². The standard InChI is InChI=1S/C23H33NO6/c1-14(25)19-6-7-21-18-5-4-16-12-17(30-15(2)26)8-10-22(16,3)20(18)9-11-23(19,21)13-29-24(27)28/h4,17-21H,5-13H2,1-3H3/t17?,18-,19-,20+,21+,22+,23+/m1/s1. The third-order valence-electron chi connectivity index (χ3n) is 9.04. The van der Waals surface area contributed by atoms with Crippen molar-refractivity contribution in [3.8, 4) is 0 Å². The number of carbonyl (C=O) groups excluding carboxylic acids is 2. The summed E-state index contributed by atoms with van der Waals surface area (Å²) in [4.78, 5) is 39.8. The minimum Gasteiger partial charge on any atom is -0.462 e. The van der Waals surface area contributed by atoms with Crippen LogP contribution in [0.15, 0.2) is 11.6 Å². The summed E-state index contributed by atoms with van der Waals surface area (Å²) in [5.74, 6) is 1.01. The van der Waals surface area contributed by atoms with E-state index in [4.69, 9.17) is 9.57 Å². The third kappa shape index (κ3) is 3.34. The van der Waals surface area contributed by atoms with Crippen molar-refractivity contribution in [2.45, 2.75) is 78.2 Å². The van der Waals surface area contributed by atoms with Crippen LogP contribution in [0.25, 0.3) is 0 Å². The van der Waals surface area contributed by atoms with Crippen molar-refractivity contribution in [1.29, 1.82) is 0 Å². The first-order valence-electron chi connectivity index (χ1n) is 11.3. The SMILES string of the molecule is CC(=O)OC1CC[C@@]2(C)C(=CC[C@H]3[C@@H]4CC[C@H](C(C)=O)[C@@]4(CO[N+](=O)[O-])CC[C@@H]32)C1. The Balaban J connectivity index is 1.61. The summed E-state index contributed by atoms with van der Waals surface area (Å²) in [5, 5.41) is 10.3. The van der Waals surface area contributed by atoms with Gasteiger partial charge in [0.25, 0.3) is 5.09 Å². The minimum atomic E-state index is -0.704. The number of rotatable bonds is 5. The van der Waals surface area contributed by atoms with Crippen molar-refractivity contribution in [2.75, 3.05) is 6.61 Å². The van der Waals surface area contributed by atoms with Gasteiger partial charge in [0, 0.05) is 24.7 Å². The average molecular weight is 420 g/mol. The van der Waals surface area contributed by atoms with E-state index < -0.39 is 10.5 Å². The molecule has 7 nitrogen and oxygen atoms in total. The lowest BCUT2D eigenvalue weighted by molar-refractivity contribution is -0.761. The summed E-state index contributed by atoms with van der Waals surface area (Å²) in [7, 11) is 0. The summed E-state index contributed by atoms with van der Waals surface area (Å²) >= 11 is 0. The van der Waals surface area contributed by atoms with Crippen molar-refractivity contribution in [3.05, 3.63) is 21.8 Å². The average Bonchev–Trinajstić information content (AvgIpc) is 3.06. The highest BCUT2D eigenvalue weighted by atomic mass is 16.9. The van der Waals surface area contributed by atoms with Gasteiger partial charge in [-0.05, 0) is 75.0 Å². The first kappa shape index (κ1) is 21.3. The van der Waals surface area contributed by atoms with E-state index in [1.807, 2.05) is 0 Å². The fourth-order valence-corrected chi connectivity index (χ4v) is 7.83. The van der Waals surface area contributed by atoms with E-state index in [-0.39, 0.29) is 41.7 Å². The lowest BCUT2D eigenvalue weighted by atomic mass is 9.47. The van der Waals surface area contributed by atoms with Crippen molar-refractivity contribution in [2.24, 2.45) is 34.5 Å². The Morgan fingerprint density at radius 3 is 2.60 bits per heavy atom. The van der Waals surface area contributed by atoms with Gasteiger partial charge in [0.1, 0.15) is 18.5 Å². The molecule has 4 aliphatic rings. The molecule has 0 radical (unpaired) electrons. The number of ketones is 1. The number of fused-ring (bicyclic) bond motifs is 5. The quantitative estimate of drug-likeness (QED) is 0.286. The number of carbonyl (C=O) groups is 2. The maximum Gasteiger partial charge on any atom is 0.302 e. The Kier molecular flexibility index (Phi) is 5.43. The topological polar surface area (TPSA) is 95.7 Å². The van der Waals surface area contributed by atoms with Gasteiger partial charge in [-0.15, -0.1) is 10.1 Å². The number of hydrogen-bond acceptors (Lipinski definition) is 6. The second-order valence-corrected chi connectivity index (χ2v) is 10.2. The molecule has 0 aliphatic heterocycles. The molecule has 7 atom stereocenters. The van der Waals surface area contributed by atoms with Crippen LogP contribution in [0.3, 0.4) is 0 Å². The van der Waals surface area contributed by atoms with Crippen LogP contribution in [0.2, 0.25) is 0 Å². The Hall–Kier alpha value is -1.92. The van der Waals surface area contributed by atoms with Gasteiger partial charge >= 0.3 is 5.97 Å². The summed E-state index contributed by atoms with van der Waals surface area (Å²) in [5.41, 5.74) is 1.09. The van der Waals surface area contributed by atoms with Crippen LogP contribution in [0.4, 0.5) is 0 Å². The predicted octanol–water partition coefficient (Wildman–Crippen LogP) is 4.27. The smallest absolute Gasteiger partial charge is 0.302 e. The zero-order valence-corrected chi connectivity index (χ0v) is 18.2. The molecule has 0 heterocycles. The van der Waals surface area contributed by atoms with Crippen LogP contribution in [-0.2, 0) is 19.2 Å². The molecule has 3 saturated carbocycles. The molecule has 1 unspecified atom stereocenters. The minimum absolute atomic E-state index is 0.0249. The zero-order chi connectivity index (χ0) is 21.7. The van der Waals surface area contributed by atoms with Gasteiger partial charge in [0.05, 0.1) is 0 Å². The normalized spacial score (nSPS) is 42.2. The first-order chi connectivity index (χ1) is 14.2. The number of hydrogen-bond donors (Lipinski definition) is 0. The van der Waals surface area contributed by atoms with Gasteiger partial charge in [0.15, 0.2) is 0 Å². The van der Waals surface area contributed by atoms with E-state index in [1.165, 1.54) is 12.5 Å². The fraction of sp³-hybridized carbons (Fsp3) is 0.826. The van der Waals surface area contributed by atoms with E-state index in [2.05, 4.69) is 13.0 Å². The molecule has 4 aliphatic carbocycles. The van der Waals surface area contributed by atoms with Gasteiger partial charge < -0.3 is 9.57 Å². The molecule has 0 amide bonds. The van der Waals surface area contributed by atoms with Crippen LogP contribution < -0.4 is 0 Å². The molecule has 166 valence electrons. The van der Waals surface area contributed by atoms with Gasteiger partial charge in [0.2, 0.25) is 0 Å². The largest absolute Gasteiger partial charge is 0.462 e. The van der Waals surface area contributed by atoms with Gasteiger partial charge in [-0.3, -0.25) is 9.59 Å². The maximum atomic E-state index is 12.4. The van der Waals surface area contributed by atoms with Crippen LogP contribution in [0, 0.1) is 44.6 Å². The number of Topliss-reactive ketones (excluding diaryl/α,β-unsaturated/α-hetero) is 1. The molecule has 0 aromatic heterocycles. The van der Waals surface area contributed by atoms with E-state index in [9.17, 15) is 19.7 Å². The zero-order valence-electron chi connectivity index (χ0n) is 18.2. The van der Waals surface area contributed by atoms with Crippen LogP contribution >= 0.6 is 0 Å². The maximum absolute atomic E-state index is 12.4. The van der Waals surface area contributed by atoms with Crippen molar-refractivity contribution in [1.82, 2.24) is 0 Å². The number of allylic oxidation sites excluding steroid dienone is 1. The first-order valence-corrected chi connectivity index (χ1v) is 11.3. The summed E-state index contributed by atoms with van der Waals surface area (Å²) in [6, 6.07) is 0. The molecule has 0 spiro atoms. The molecular weight excluding hydrogens is 386 g/mol. The molecule has 7 heteroatoms. The van der Waals surface area contributed by atoms with Crippen LogP contribution in [0.1, 0.15) is 72.1 Å². The van der Waals surface area contributed by atoms with Crippen molar-refractivity contribution >= 4 is 11.8 Å². The van der Waals surface area contributed by atoms with Crippen LogP contribution in [-0.4, -0.2) is 29.6 Å².